The van der Waals surface area contributed by atoms with Crippen LogP contribution in [0.4, 0.5) is 11.7 Å². The number of rotatable bonds is 7. The molecule has 0 saturated heterocycles. The fraction of sp³-hybridized carbons (Fsp3) is 0.429. The lowest BCUT2D eigenvalue weighted by atomic mass is 10.2. The number of hydrogen-bond donors (Lipinski definition) is 2. The van der Waals surface area contributed by atoms with E-state index in [2.05, 4.69) is 34.7 Å². The maximum absolute atomic E-state index is 5.51. The van der Waals surface area contributed by atoms with Gasteiger partial charge in [0.1, 0.15) is 5.75 Å². The van der Waals surface area contributed by atoms with E-state index in [4.69, 9.17) is 9.15 Å². The summed E-state index contributed by atoms with van der Waals surface area (Å²) in [5.41, 5.74) is 0.842. The fourth-order valence-corrected chi connectivity index (χ4v) is 1.67. The largest absolute Gasteiger partial charge is 0.497 e. The van der Waals surface area contributed by atoms with E-state index in [1.165, 1.54) is 0 Å². The summed E-state index contributed by atoms with van der Waals surface area (Å²) in [6.45, 7) is 5.79. The maximum atomic E-state index is 5.51. The molecule has 2 rings (SSSR count). The Bertz CT molecular complexity index is 539. The molecule has 1 aromatic carbocycles. The van der Waals surface area contributed by atoms with Gasteiger partial charge in [-0.05, 0) is 24.6 Å². The van der Waals surface area contributed by atoms with Crippen LogP contribution in [0.25, 0.3) is 0 Å². The van der Waals surface area contributed by atoms with E-state index < -0.39 is 0 Å². The van der Waals surface area contributed by atoms with Crippen molar-refractivity contribution in [3.8, 4) is 5.75 Å². The van der Waals surface area contributed by atoms with Gasteiger partial charge in [0, 0.05) is 11.8 Å². The lowest BCUT2D eigenvalue weighted by Gasteiger charge is -2.04. The molecule has 2 aromatic rings. The van der Waals surface area contributed by atoms with Crippen molar-refractivity contribution in [1.29, 1.82) is 0 Å². The average molecular weight is 276 g/mol. The summed E-state index contributed by atoms with van der Waals surface area (Å²) < 4.78 is 10.7. The normalized spacial score (nSPS) is 10.8. The minimum absolute atomic E-state index is 0.375. The average Bonchev–Trinajstić information content (AvgIpc) is 2.86. The number of nitrogens with one attached hydrogen (secondary N) is 2. The summed E-state index contributed by atoms with van der Waals surface area (Å²) in [7, 11) is 1.63. The third-order valence-corrected chi connectivity index (χ3v) is 2.62. The molecule has 6 nitrogen and oxygen atoms in total. The van der Waals surface area contributed by atoms with Gasteiger partial charge in [-0.25, -0.2) is 0 Å². The molecular formula is C14H20N4O2. The third kappa shape index (κ3) is 4.24. The lowest BCUT2D eigenvalue weighted by Crippen LogP contribution is -2.19. The molecule has 0 aliphatic carbocycles. The highest BCUT2D eigenvalue weighted by molar-refractivity contribution is 5.54. The molecule has 1 heterocycles. The van der Waals surface area contributed by atoms with Crippen LogP contribution in [0, 0.1) is 5.92 Å². The molecule has 0 aliphatic heterocycles. The van der Waals surface area contributed by atoms with E-state index in [0.29, 0.717) is 24.4 Å². The van der Waals surface area contributed by atoms with E-state index in [0.717, 1.165) is 18.0 Å². The first-order valence-corrected chi connectivity index (χ1v) is 6.61. The number of anilines is 2. The Labute approximate surface area is 118 Å². The van der Waals surface area contributed by atoms with Crippen LogP contribution in [0.2, 0.25) is 0 Å². The summed E-state index contributed by atoms with van der Waals surface area (Å²) in [5.74, 6) is 1.93. The van der Waals surface area contributed by atoms with E-state index in [1.807, 2.05) is 24.3 Å². The summed E-state index contributed by atoms with van der Waals surface area (Å²) in [4.78, 5) is 0. The minimum Gasteiger partial charge on any atom is -0.497 e. The van der Waals surface area contributed by atoms with E-state index in [-0.39, 0.29) is 0 Å². The zero-order valence-corrected chi connectivity index (χ0v) is 12.0. The topological polar surface area (TPSA) is 72.2 Å². The van der Waals surface area contributed by atoms with Gasteiger partial charge in [0.15, 0.2) is 0 Å². The molecule has 0 bridgehead atoms. The SMILES string of the molecule is COc1cccc(Nc2nnc(CNCC(C)C)o2)c1. The molecule has 0 unspecified atom stereocenters. The number of hydrogen-bond acceptors (Lipinski definition) is 6. The van der Waals surface area contributed by atoms with Gasteiger partial charge in [0.05, 0.1) is 13.7 Å². The molecule has 0 aliphatic rings. The first kappa shape index (κ1) is 14.3. The number of methoxy groups -OCH3 is 1. The van der Waals surface area contributed by atoms with E-state index in [9.17, 15) is 0 Å². The summed E-state index contributed by atoms with van der Waals surface area (Å²) in [5, 5.41) is 14.2. The Morgan fingerprint density at radius 1 is 1.30 bits per heavy atom. The zero-order valence-electron chi connectivity index (χ0n) is 12.0. The molecule has 20 heavy (non-hydrogen) atoms. The van der Waals surface area contributed by atoms with E-state index in [1.54, 1.807) is 7.11 Å². The van der Waals surface area contributed by atoms with Crippen molar-refractivity contribution in [1.82, 2.24) is 15.5 Å². The second-order valence-electron chi connectivity index (χ2n) is 4.88. The highest BCUT2D eigenvalue weighted by Crippen LogP contribution is 2.20. The molecular weight excluding hydrogens is 256 g/mol. The van der Waals surface area contributed by atoms with Gasteiger partial charge < -0.3 is 19.8 Å². The van der Waals surface area contributed by atoms with Gasteiger partial charge >= 0.3 is 6.01 Å². The quantitative estimate of drug-likeness (QED) is 0.809. The van der Waals surface area contributed by atoms with Crippen molar-refractivity contribution in [3.63, 3.8) is 0 Å². The van der Waals surface area contributed by atoms with Crippen molar-refractivity contribution < 1.29 is 9.15 Å². The van der Waals surface area contributed by atoms with Crippen molar-refractivity contribution in [2.24, 2.45) is 5.92 Å². The minimum atomic E-state index is 0.375. The highest BCUT2D eigenvalue weighted by atomic mass is 16.5. The zero-order chi connectivity index (χ0) is 14.4. The molecule has 0 radical (unpaired) electrons. The molecule has 0 atom stereocenters. The van der Waals surface area contributed by atoms with Crippen LogP contribution in [-0.2, 0) is 6.54 Å². The van der Waals surface area contributed by atoms with Crippen LogP contribution >= 0.6 is 0 Å². The molecule has 108 valence electrons. The predicted octanol–water partition coefficient (Wildman–Crippen LogP) is 2.57. The molecule has 1 aromatic heterocycles. The summed E-state index contributed by atoms with van der Waals surface area (Å²) in [6.07, 6.45) is 0. The molecule has 0 amide bonds. The number of aromatic nitrogens is 2. The van der Waals surface area contributed by atoms with Gasteiger partial charge in [0.2, 0.25) is 5.89 Å². The van der Waals surface area contributed by atoms with Crippen LogP contribution < -0.4 is 15.4 Å². The first-order chi connectivity index (χ1) is 9.67. The standard InChI is InChI=1S/C14H20N4O2/c1-10(2)8-15-9-13-17-18-14(20-13)16-11-5-4-6-12(7-11)19-3/h4-7,10,15H,8-9H2,1-3H3,(H,16,18). The first-order valence-electron chi connectivity index (χ1n) is 6.61. The number of ether oxygens (including phenoxy) is 1. The van der Waals surface area contributed by atoms with Gasteiger partial charge in [-0.2, -0.15) is 0 Å². The predicted molar refractivity (Wildman–Crippen MR) is 77.1 cm³/mol. The monoisotopic (exact) mass is 276 g/mol. The smallest absolute Gasteiger partial charge is 0.320 e. The fourth-order valence-electron chi connectivity index (χ4n) is 1.67. The van der Waals surface area contributed by atoms with Crippen LogP contribution in [0.15, 0.2) is 28.7 Å². The Morgan fingerprint density at radius 3 is 2.90 bits per heavy atom. The number of benzene rings is 1. The third-order valence-electron chi connectivity index (χ3n) is 2.62. The maximum Gasteiger partial charge on any atom is 0.320 e. The van der Waals surface area contributed by atoms with Gasteiger partial charge in [-0.1, -0.05) is 25.0 Å². The number of nitrogens with zero attached hydrogens (tertiary/aromatic N) is 2. The van der Waals surface area contributed by atoms with Crippen LogP contribution in [0.3, 0.4) is 0 Å². The second-order valence-corrected chi connectivity index (χ2v) is 4.88. The lowest BCUT2D eigenvalue weighted by molar-refractivity contribution is 0.415. The van der Waals surface area contributed by atoms with Crippen molar-refractivity contribution in [3.05, 3.63) is 30.2 Å². The molecule has 2 N–H and O–H groups in total. The summed E-state index contributed by atoms with van der Waals surface area (Å²) in [6, 6.07) is 7.91. The van der Waals surface area contributed by atoms with Crippen LogP contribution in [0.5, 0.6) is 5.75 Å². The Hall–Kier alpha value is -2.08. The summed E-state index contributed by atoms with van der Waals surface area (Å²) >= 11 is 0. The molecule has 0 fully saturated rings. The Kier molecular flexibility index (Phi) is 4.95. The van der Waals surface area contributed by atoms with Gasteiger partial charge in [-0.3, -0.25) is 0 Å². The van der Waals surface area contributed by atoms with Gasteiger partial charge in [-0.15, -0.1) is 5.10 Å². The molecule has 0 saturated carbocycles. The van der Waals surface area contributed by atoms with Crippen molar-refractivity contribution in [2.75, 3.05) is 19.0 Å². The van der Waals surface area contributed by atoms with Gasteiger partial charge in [0.25, 0.3) is 0 Å². The second kappa shape index (κ2) is 6.91. The van der Waals surface area contributed by atoms with Crippen LogP contribution in [0.1, 0.15) is 19.7 Å². The van der Waals surface area contributed by atoms with Crippen LogP contribution in [-0.4, -0.2) is 23.9 Å². The molecule has 0 spiro atoms. The Morgan fingerprint density at radius 2 is 2.15 bits per heavy atom. The van der Waals surface area contributed by atoms with Crippen molar-refractivity contribution in [2.45, 2.75) is 20.4 Å². The Balaban J connectivity index is 1.91. The highest BCUT2D eigenvalue weighted by Gasteiger charge is 2.06. The van der Waals surface area contributed by atoms with Crippen molar-refractivity contribution >= 4 is 11.7 Å². The molecule has 6 heteroatoms. The van der Waals surface area contributed by atoms with E-state index >= 15 is 0 Å².